The van der Waals surface area contributed by atoms with Crippen molar-refractivity contribution in [3.63, 3.8) is 0 Å². The van der Waals surface area contributed by atoms with Crippen molar-refractivity contribution in [2.75, 3.05) is 13.7 Å². The Labute approximate surface area is 161 Å². The van der Waals surface area contributed by atoms with Gasteiger partial charge in [-0.3, -0.25) is 10.1 Å². The fourth-order valence-corrected chi connectivity index (χ4v) is 2.88. The molecular weight excluding hydrogens is 366 g/mol. The van der Waals surface area contributed by atoms with Crippen LogP contribution in [0, 0.1) is 6.92 Å². The predicted octanol–water partition coefficient (Wildman–Crippen LogP) is 2.04. The van der Waals surface area contributed by atoms with Crippen LogP contribution in [0.25, 0.3) is 5.69 Å². The quantitative estimate of drug-likeness (QED) is 0.643. The number of benzene rings is 1. The van der Waals surface area contributed by atoms with Crippen molar-refractivity contribution >= 4 is 34.9 Å². The predicted molar refractivity (Wildman–Crippen MR) is 104 cm³/mol. The van der Waals surface area contributed by atoms with Crippen LogP contribution in [-0.4, -0.2) is 51.1 Å². The van der Waals surface area contributed by atoms with E-state index in [1.807, 2.05) is 31.2 Å². The van der Waals surface area contributed by atoms with Gasteiger partial charge in [-0.2, -0.15) is 10.2 Å². The first-order valence-corrected chi connectivity index (χ1v) is 8.76. The van der Waals surface area contributed by atoms with E-state index in [9.17, 15) is 9.59 Å². The first-order valence-electron chi connectivity index (χ1n) is 8.35. The number of amides is 1. The van der Waals surface area contributed by atoms with Crippen molar-refractivity contribution in [2.24, 2.45) is 5.10 Å². The van der Waals surface area contributed by atoms with E-state index < -0.39 is 11.9 Å². The second kappa shape index (κ2) is 7.28. The molecule has 0 radical (unpaired) electrons. The summed E-state index contributed by atoms with van der Waals surface area (Å²) < 4.78 is 6.55. The van der Waals surface area contributed by atoms with Crippen molar-refractivity contribution < 1.29 is 14.3 Å². The number of ether oxygens (including phenoxy) is 1. The van der Waals surface area contributed by atoms with Gasteiger partial charge in [0.1, 0.15) is 5.69 Å². The third kappa shape index (κ3) is 3.45. The normalized spacial score (nSPS) is 16.0. The number of nitrogens with zero attached hydrogens (tertiary/aromatic N) is 4. The van der Waals surface area contributed by atoms with E-state index in [-0.39, 0.29) is 23.1 Å². The molecule has 0 unspecified atom stereocenters. The van der Waals surface area contributed by atoms with Crippen LogP contribution in [0.5, 0.6) is 0 Å². The second-order valence-corrected chi connectivity index (χ2v) is 6.40. The number of carbonyl (C=O) groups is 2. The molecule has 0 aliphatic carbocycles. The molecule has 1 aliphatic rings. The Morgan fingerprint density at radius 3 is 2.56 bits per heavy atom. The van der Waals surface area contributed by atoms with Crippen LogP contribution >= 0.6 is 12.2 Å². The van der Waals surface area contributed by atoms with Gasteiger partial charge < -0.3 is 4.74 Å². The summed E-state index contributed by atoms with van der Waals surface area (Å²) in [5.41, 5.74) is 2.66. The molecule has 1 aliphatic heterocycles. The Bertz CT molecular complexity index is 962. The fourth-order valence-electron chi connectivity index (χ4n) is 2.74. The molecule has 8 nitrogen and oxygen atoms in total. The zero-order valence-electron chi connectivity index (χ0n) is 15.4. The van der Waals surface area contributed by atoms with Crippen LogP contribution in [-0.2, 0) is 4.74 Å². The van der Waals surface area contributed by atoms with Crippen LogP contribution in [0.2, 0.25) is 0 Å². The van der Waals surface area contributed by atoms with Gasteiger partial charge in [0, 0.05) is 7.05 Å². The van der Waals surface area contributed by atoms with Crippen LogP contribution < -0.4 is 5.32 Å². The van der Waals surface area contributed by atoms with Crippen molar-refractivity contribution in [2.45, 2.75) is 20.8 Å². The number of hydrogen-bond acceptors (Lipinski definition) is 6. The summed E-state index contributed by atoms with van der Waals surface area (Å²) in [4.78, 5) is 25.4. The van der Waals surface area contributed by atoms with Crippen LogP contribution in [0.4, 0.5) is 0 Å². The highest BCUT2D eigenvalue weighted by Crippen LogP contribution is 2.23. The number of nitrogens with one attached hydrogen (secondary N) is 1. The summed E-state index contributed by atoms with van der Waals surface area (Å²) in [7, 11) is 1.62. The molecule has 9 heteroatoms. The monoisotopic (exact) mass is 385 g/mol. The Balaban J connectivity index is 2.31. The minimum atomic E-state index is -0.618. The highest BCUT2D eigenvalue weighted by molar-refractivity contribution is 7.80. The molecule has 140 valence electrons. The first-order chi connectivity index (χ1) is 12.8. The number of fused-ring (bicyclic) bond motifs is 1. The Morgan fingerprint density at radius 2 is 1.93 bits per heavy atom. The van der Waals surface area contributed by atoms with Gasteiger partial charge in [0.05, 0.1) is 23.6 Å². The highest BCUT2D eigenvalue weighted by Gasteiger charge is 2.32. The molecule has 1 aromatic heterocycles. The van der Waals surface area contributed by atoms with Gasteiger partial charge in [0.2, 0.25) is 0 Å². The lowest BCUT2D eigenvalue weighted by atomic mass is 10.1. The van der Waals surface area contributed by atoms with E-state index in [1.54, 1.807) is 20.9 Å². The van der Waals surface area contributed by atoms with Crippen LogP contribution in [0.3, 0.4) is 0 Å². The van der Waals surface area contributed by atoms with Gasteiger partial charge in [0.15, 0.2) is 10.8 Å². The molecule has 0 fully saturated rings. The molecule has 2 aromatic rings. The van der Waals surface area contributed by atoms with E-state index in [2.05, 4.69) is 15.5 Å². The molecule has 0 saturated carbocycles. The van der Waals surface area contributed by atoms with E-state index in [4.69, 9.17) is 17.0 Å². The maximum absolute atomic E-state index is 12.9. The van der Waals surface area contributed by atoms with Gasteiger partial charge in [-0.1, -0.05) is 17.7 Å². The number of hydrogen-bond donors (Lipinski definition) is 1. The van der Waals surface area contributed by atoms with Crippen molar-refractivity contribution in [1.29, 1.82) is 0 Å². The summed E-state index contributed by atoms with van der Waals surface area (Å²) in [5.74, 6) is -1.09. The maximum Gasteiger partial charge on any atom is 0.359 e. The number of thiocarbonyl (C=S) groups is 1. The van der Waals surface area contributed by atoms with E-state index in [0.717, 1.165) is 5.56 Å². The van der Waals surface area contributed by atoms with Crippen molar-refractivity contribution in [3.8, 4) is 5.69 Å². The molecule has 1 aromatic carbocycles. The van der Waals surface area contributed by atoms with Crippen LogP contribution in [0.15, 0.2) is 29.4 Å². The molecule has 0 atom stereocenters. The summed E-state index contributed by atoms with van der Waals surface area (Å²) in [6.45, 7) is 5.55. The first kappa shape index (κ1) is 18.7. The molecule has 0 saturated heterocycles. The Kier molecular flexibility index (Phi) is 5.04. The zero-order chi connectivity index (χ0) is 19.7. The SMILES string of the molecule is CCOC(=O)c1nn(-c2ccc(C)cc2)c2c1/C(C)=N\N(C)C(=S)NC2=O. The average Bonchev–Trinajstić information content (AvgIpc) is 3.02. The molecule has 1 N–H and O–H groups in total. The summed E-state index contributed by atoms with van der Waals surface area (Å²) in [6.07, 6.45) is 0. The maximum atomic E-state index is 12.9. The molecule has 1 amide bonds. The number of hydrazone groups is 1. The Morgan fingerprint density at radius 1 is 1.26 bits per heavy atom. The minimum absolute atomic E-state index is 0.0324. The number of esters is 1. The molecule has 2 heterocycles. The smallest absolute Gasteiger partial charge is 0.359 e. The number of aryl methyl sites for hydroxylation is 1. The average molecular weight is 385 g/mol. The number of rotatable bonds is 3. The number of carbonyl (C=O) groups excluding carboxylic acids is 2. The van der Waals surface area contributed by atoms with Gasteiger partial charge in [0.25, 0.3) is 5.91 Å². The minimum Gasteiger partial charge on any atom is -0.461 e. The number of aromatic nitrogens is 2. The van der Waals surface area contributed by atoms with Gasteiger partial charge in [-0.15, -0.1) is 0 Å². The lowest BCUT2D eigenvalue weighted by molar-refractivity contribution is 0.0518. The molecule has 3 rings (SSSR count). The summed E-state index contributed by atoms with van der Waals surface area (Å²) >= 11 is 5.18. The van der Waals surface area contributed by atoms with Crippen molar-refractivity contribution in [1.82, 2.24) is 20.1 Å². The lowest BCUT2D eigenvalue weighted by Gasteiger charge is -2.20. The fraction of sp³-hybridized carbons (Fsp3) is 0.278. The molecule has 0 spiro atoms. The molecule has 0 bridgehead atoms. The van der Waals surface area contributed by atoms with Gasteiger partial charge in [-0.05, 0) is 45.1 Å². The van der Waals surface area contributed by atoms with Gasteiger partial charge in [-0.25, -0.2) is 14.5 Å². The largest absolute Gasteiger partial charge is 0.461 e. The standard InChI is InChI=1S/C18H19N5O3S/c1-5-26-17(25)14-13-11(3)20-22(4)18(27)19-16(24)15(13)23(21-14)12-8-6-10(2)7-9-12/h6-9H,5H2,1-4H3,(H,19,24,27)/b20-11-. The van der Waals surface area contributed by atoms with Crippen molar-refractivity contribution in [3.05, 3.63) is 46.8 Å². The lowest BCUT2D eigenvalue weighted by Crippen LogP contribution is -2.41. The van der Waals surface area contributed by atoms with E-state index in [0.29, 0.717) is 17.0 Å². The topological polar surface area (TPSA) is 88.8 Å². The molecule has 27 heavy (non-hydrogen) atoms. The summed E-state index contributed by atoms with van der Waals surface area (Å²) in [6, 6.07) is 7.43. The third-order valence-electron chi connectivity index (χ3n) is 4.02. The van der Waals surface area contributed by atoms with Crippen LogP contribution in [0.1, 0.15) is 46.0 Å². The third-order valence-corrected chi connectivity index (χ3v) is 4.39. The molecular formula is C18H19N5O3S. The van der Waals surface area contributed by atoms with E-state index in [1.165, 1.54) is 9.69 Å². The second-order valence-electron chi connectivity index (χ2n) is 6.01. The van der Waals surface area contributed by atoms with E-state index >= 15 is 0 Å². The Hall–Kier alpha value is -3.07. The zero-order valence-corrected chi connectivity index (χ0v) is 16.3. The summed E-state index contributed by atoms with van der Waals surface area (Å²) in [5, 5.41) is 12.9. The van der Waals surface area contributed by atoms with Gasteiger partial charge >= 0.3 is 5.97 Å². The highest BCUT2D eigenvalue weighted by atomic mass is 32.1.